The molecule has 0 aliphatic rings. The summed E-state index contributed by atoms with van der Waals surface area (Å²) in [6.45, 7) is 2.41. The molecule has 0 aromatic heterocycles. The average molecular weight is 296 g/mol. The number of nitro groups is 1. The van der Waals surface area contributed by atoms with E-state index in [1.807, 2.05) is 0 Å². The van der Waals surface area contributed by atoms with E-state index in [2.05, 4.69) is 12.2 Å². The lowest BCUT2D eigenvalue weighted by atomic mass is 10.2. The summed E-state index contributed by atoms with van der Waals surface area (Å²) in [5, 5.41) is 13.6. The molecule has 0 saturated heterocycles. The highest BCUT2D eigenvalue weighted by Crippen LogP contribution is 2.30. The number of unbranched alkanes of at least 4 members (excludes halogenated alkanes) is 2. The van der Waals surface area contributed by atoms with Crippen LogP contribution in [0.15, 0.2) is 18.2 Å². The summed E-state index contributed by atoms with van der Waals surface area (Å²) in [5.41, 5.74) is -0.229. The van der Waals surface area contributed by atoms with Gasteiger partial charge in [-0.3, -0.25) is 14.9 Å². The molecule has 0 saturated carbocycles. The van der Waals surface area contributed by atoms with Gasteiger partial charge < -0.3 is 14.8 Å². The Kier molecular flexibility index (Phi) is 7.00. The standard InChI is InChI=1S/C14H20N2O5/c1-3-4-5-8-15-14(17)10-21-13-7-6-11(20-2)9-12(13)16(18)19/h6-7,9H,3-5,8,10H2,1-2H3,(H,15,17). The van der Waals surface area contributed by atoms with Crippen molar-refractivity contribution < 1.29 is 19.2 Å². The van der Waals surface area contributed by atoms with Crippen LogP contribution >= 0.6 is 0 Å². The molecule has 7 nitrogen and oxygen atoms in total. The SMILES string of the molecule is CCCCCNC(=O)COc1ccc(OC)cc1[N+](=O)[O-]. The van der Waals surface area contributed by atoms with E-state index in [0.29, 0.717) is 12.3 Å². The average Bonchev–Trinajstić information content (AvgIpc) is 2.49. The Morgan fingerprint density at radius 3 is 2.76 bits per heavy atom. The topological polar surface area (TPSA) is 90.7 Å². The normalized spacial score (nSPS) is 10.0. The predicted octanol–water partition coefficient (Wildman–Crippen LogP) is 2.29. The number of nitrogens with one attached hydrogen (secondary N) is 1. The molecule has 0 fully saturated rings. The molecule has 1 rings (SSSR count). The Bertz CT molecular complexity index is 490. The first kappa shape index (κ1) is 16.7. The molecule has 0 aliphatic heterocycles. The van der Waals surface area contributed by atoms with Gasteiger partial charge in [0.25, 0.3) is 5.91 Å². The molecule has 0 unspecified atom stereocenters. The van der Waals surface area contributed by atoms with Crippen molar-refractivity contribution in [1.82, 2.24) is 5.32 Å². The number of hydrogen-bond acceptors (Lipinski definition) is 5. The molecule has 1 N–H and O–H groups in total. The minimum Gasteiger partial charge on any atom is -0.496 e. The van der Waals surface area contributed by atoms with Crippen LogP contribution in [0, 0.1) is 10.1 Å². The van der Waals surface area contributed by atoms with E-state index in [-0.39, 0.29) is 24.0 Å². The fourth-order valence-corrected chi connectivity index (χ4v) is 1.69. The molecule has 0 aliphatic carbocycles. The molecule has 0 heterocycles. The van der Waals surface area contributed by atoms with Crippen LogP contribution in [0.5, 0.6) is 11.5 Å². The molecule has 1 aromatic rings. The third kappa shape index (κ3) is 5.68. The van der Waals surface area contributed by atoms with E-state index in [1.165, 1.54) is 19.2 Å². The van der Waals surface area contributed by atoms with Gasteiger partial charge in [0, 0.05) is 6.54 Å². The molecule has 116 valence electrons. The molecule has 0 radical (unpaired) electrons. The first-order valence-electron chi connectivity index (χ1n) is 6.80. The minimum absolute atomic E-state index is 0.0458. The van der Waals surface area contributed by atoms with Gasteiger partial charge in [0.15, 0.2) is 12.4 Å². The smallest absolute Gasteiger partial charge is 0.314 e. The molecule has 0 bridgehead atoms. The number of nitrogens with zero attached hydrogens (tertiary/aromatic N) is 1. The number of amides is 1. The Balaban J connectivity index is 2.54. The maximum Gasteiger partial charge on any atom is 0.314 e. The van der Waals surface area contributed by atoms with Crippen molar-refractivity contribution in [2.75, 3.05) is 20.3 Å². The molecular formula is C14H20N2O5. The summed E-state index contributed by atoms with van der Waals surface area (Å²) in [6.07, 6.45) is 3.03. The molecule has 7 heteroatoms. The number of rotatable bonds is 9. The van der Waals surface area contributed by atoms with Crippen LogP contribution in [0.25, 0.3) is 0 Å². The summed E-state index contributed by atoms with van der Waals surface area (Å²) in [7, 11) is 1.42. The monoisotopic (exact) mass is 296 g/mol. The van der Waals surface area contributed by atoms with E-state index >= 15 is 0 Å². The minimum atomic E-state index is -0.572. The number of carbonyl (C=O) groups is 1. The van der Waals surface area contributed by atoms with E-state index in [9.17, 15) is 14.9 Å². The largest absolute Gasteiger partial charge is 0.496 e. The van der Waals surface area contributed by atoms with Crippen molar-refractivity contribution in [3.05, 3.63) is 28.3 Å². The van der Waals surface area contributed by atoms with E-state index < -0.39 is 4.92 Å². The summed E-state index contributed by atoms with van der Waals surface area (Å²) >= 11 is 0. The number of carbonyl (C=O) groups excluding carboxylic acids is 1. The summed E-state index contributed by atoms with van der Waals surface area (Å²) in [6, 6.07) is 4.22. The van der Waals surface area contributed by atoms with Crippen LogP contribution in [0.3, 0.4) is 0 Å². The number of hydrogen-bond donors (Lipinski definition) is 1. The molecular weight excluding hydrogens is 276 g/mol. The Morgan fingerprint density at radius 2 is 2.14 bits per heavy atom. The van der Waals surface area contributed by atoms with Crippen LogP contribution in [0.4, 0.5) is 5.69 Å². The zero-order chi connectivity index (χ0) is 15.7. The van der Waals surface area contributed by atoms with E-state index in [0.717, 1.165) is 19.3 Å². The van der Waals surface area contributed by atoms with Crippen molar-refractivity contribution in [3.63, 3.8) is 0 Å². The molecule has 21 heavy (non-hydrogen) atoms. The molecule has 0 atom stereocenters. The lowest BCUT2D eigenvalue weighted by Crippen LogP contribution is -2.29. The number of benzene rings is 1. The van der Waals surface area contributed by atoms with Gasteiger partial charge in [-0.25, -0.2) is 0 Å². The van der Waals surface area contributed by atoms with Crippen molar-refractivity contribution in [1.29, 1.82) is 0 Å². The zero-order valence-corrected chi connectivity index (χ0v) is 12.3. The van der Waals surface area contributed by atoms with Gasteiger partial charge in [-0.1, -0.05) is 19.8 Å². The zero-order valence-electron chi connectivity index (χ0n) is 12.3. The van der Waals surface area contributed by atoms with Crippen LogP contribution in [-0.4, -0.2) is 31.1 Å². The third-order valence-corrected chi connectivity index (χ3v) is 2.82. The van der Waals surface area contributed by atoms with Gasteiger partial charge in [0.05, 0.1) is 18.1 Å². The second kappa shape index (κ2) is 8.78. The fourth-order valence-electron chi connectivity index (χ4n) is 1.69. The second-order valence-electron chi connectivity index (χ2n) is 4.44. The van der Waals surface area contributed by atoms with Crippen LogP contribution < -0.4 is 14.8 Å². The van der Waals surface area contributed by atoms with Crippen molar-refractivity contribution >= 4 is 11.6 Å². The lowest BCUT2D eigenvalue weighted by Gasteiger charge is -2.08. The fraction of sp³-hybridized carbons (Fsp3) is 0.500. The van der Waals surface area contributed by atoms with Crippen molar-refractivity contribution in [2.24, 2.45) is 0 Å². The van der Waals surface area contributed by atoms with Gasteiger partial charge >= 0.3 is 5.69 Å². The highest BCUT2D eigenvalue weighted by atomic mass is 16.6. The van der Waals surface area contributed by atoms with Crippen LogP contribution in [0.1, 0.15) is 26.2 Å². The Morgan fingerprint density at radius 1 is 1.38 bits per heavy atom. The van der Waals surface area contributed by atoms with Crippen molar-refractivity contribution in [2.45, 2.75) is 26.2 Å². The van der Waals surface area contributed by atoms with Crippen LogP contribution in [-0.2, 0) is 4.79 Å². The van der Waals surface area contributed by atoms with Gasteiger partial charge in [0.2, 0.25) is 0 Å². The van der Waals surface area contributed by atoms with E-state index in [1.54, 1.807) is 6.07 Å². The first-order chi connectivity index (χ1) is 10.1. The molecule has 1 amide bonds. The van der Waals surface area contributed by atoms with Crippen LogP contribution in [0.2, 0.25) is 0 Å². The predicted molar refractivity (Wildman–Crippen MR) is 77.7 cm³/mol. The number of ether oxygens (including phenoxy) is 2. The Labute approximate surface area is 123 Å². The van der Waals surface area contributed by atoms with E-state index in [4.69, 9.17) is 9.47 Å². The molecule has 1 aromatic carbocycles. The Hall–Kier alpha value is -2.31. The lowest BCUT2D eigenvalue weighted by molar-refractivity contribution is -0.385. The number of methoxy groups -OCH3 is 1. The van der Waals surface area contributed by atoms with Gasteiger partial charge in [-0.15, -0.1) is 0 Å². The maximum absolute atomic E-state index is 11.6. The summed E-state index contributed by atoms with van der Waals surface area (Å²) in [4.78, 5) is 21.9. The first-order valence-corrected chi connectivity index (χ1v) is 6.80. The summed E-state index contributed by atoms with van der Waals surface area (Å²) < 4.78 is 10.1. The second-order valence-corrected chi connectivity index (χ2v) is 4.44. The highest BCUT2D eigenvalue weighted by Gasteiger charge is 2.17. The van der Waals surface area contributed by atoms with Gasteiger partial charge in [-0.2, -0.15) is 0 Å². The quantitative estimate of drug-likeness (QED) is 0.429. The van der Waals surface area contributed by atoms with Gasteiger partial charge in [-0.05, 0) is 18.6 Å². The summed E-state index contributed by atoms with van der Waals surface area (Å²) in [5.74, 6) is 0.110. The van der Waals surface area contributed by atoms with Gasteiger partial charge in [0.1, 0.15) is 5.75 Å². The molecule has 0 spiro atoms. The van der Waals surface area contributed by atoms with Crippen molar-refractivity contribution in [3.8, 4) is 11.5 Å². The third-order valence-electron chi connectivity index (χ3n) is 2.82. The number of nitro benzene ring substituents is 1. The maximum atomic E-state index is 11.6. The highest BCUT2D eigenvalue weighted by molar-refractivity contribution is 5.77.